The molecule has 0 spiro atoms. The fourth-order valence-corrected chi connectivity index (χ4v) is 4.31. The van der Waals surface area contributed by atoms with Crippen LogP contribution in [0.3, 0.4) is 0 Å². The minimum Gasteiger partial charge on any atom is -0.465 e. The molecule has 1 aliphatic rings. The normalized spacial score (nSPS) is 13.2. The first-order valence-electron chi connectivity index (χ1n) is 8.90. The third-order valence-electron chi connectivity index (χ3n) is 4.67. The van der Waals surface area contributed by atoms with Gasteiger partial charge in [-0.05, 0) is 31.4 Å². The molecule has 1 saturated heterocycles. The number of rotatable bonds is 5. The maximum atomic E-state index is 12.8. The number of ether oxygens (including phenoxy) is 1. The van der Waals surface area contributed by atoms with E-state index in [4.69, 9.17) is 4.74 Å². The summed E-state index contributed by atoms with van der Waals surface area (Å²) >= 11 is 1.00. The van der Waals surface area contributed by atoms with Gasteiger partial charge in [0.25, 0.3) is 17.5 Å². The first-order chi connectivity index (χ1) is 13.8. The molecule has 152 valence electrons. The number of non-ortho nitro benzene ring substituents is 1. The molecule has 29 heavy (non-hydrogen) atoms. The highest BCUT2D eigenvalue weighted by Gasteiger charge is 2.29. The van der Waals surface area contributed by atoms with Gasteiger partial charge >= 0.3 is 5.97 Å². The maximum absolute atomic E-state index is 12.8. The molecule has 0 atom stereocenters. The first-order valence-corrected chi connectivity index (χ1v) is 9.72. The highest BCUT2D eigenvalue weighted by atomic mass is 32.1. The Morgan fingerprint density at radius 2 is 1.93 bits per heavy atom. The Morgan fingerprint density at radius 3 is 2.55 bits per heavy atom. The Labute approximate surface area is 170 Å². The lowest BCUT2D eigenvalue weighted by molar-refractivity contribution is -0.384. The predicted molar refractivity (Wildman–Crippen MR) is 107 cm³/mol. The number of nitrogens with one attached hydrogen (secondary N) is 1. The van der Waals surface area contributed by atoms with E-state index in [0.29, 0.717) is 23.5 Å². The zero-order valence-corrected chi connectivity index (χ0v) is 16.7. The smallest absolute Gasteiger partial charge is 0.341 e. The van der Waals surface area contributed by atoms with E-state index in [1.54, 1.807) is 11.8 Å². The van der Waals surface area contributed by atoms with Crippen LogP contribution in [-0.4, -0.2) is 47.8 Å². The minimum absolute atomic E-state index is 0.0634. The molecule has 0 bridgehead atoms. The van der Waals surface area contributed by atoms with Crippen molar-refractivity contribution in [2.75, 3.05) is 25.5 Å². The van der Waals surface area contributed by atoms with Crippen molar-refractivity contribution in [2.45, 2.75) is 19.8 Å². The van der Waals surface area contributed by atoms with Gasteiger partial charge in [-0.25, -0.2) is 4.79 Å². The van der Waals surface area contributed by atoms with Crippen LogP contribution < -0.4 is 5.32 Å². The van der Waals surface area contributed by atoms with Gasteiger partial charge in [0.2, 0.25) is 0 Å². The summed E-state index contributed by atoms with van der Waals surface area (Å²) in [6.07, 6.45) is 1.85. The second kappa shape index (κ2) is 8.39. The van der Waals surface area contributed by atoms with Gasteiger partial charge in [0.05, 0.1) is 22.5 Å². The fraction of sp³-hybridized carbons (Fsp3) is 0.316. The lowest BCUT2D eigenvalue weighted by Crippen LogP contribution is -2.27. The number of amides is 2. The van der Waals surface area contributed by atoms with Crippen LogP contribution in [0.5, 0.6) is 0 Å². The summed E-state index contributed by atoms with van der Waals surface area (Å²) in [5.41, 5.74) is 0.388. The van der Waals surface area contributed by atoms with Crippen LogP contribution in [0.15, 0.2) is 24.3 Å². The van der Waals surface area contributed by atoms with Gasteiger partial charge in [-0.2, -0.15) is 0 Å². The number of benzene rings is 1. The SMILES string of the molecule is COC(=O)c1c(NC(=O)c2cccc([N+](=O)[O-])c2)sc(C(=O)N2CCCC2)c1C. The number of esters is 1. The number of hydrogen-bond acceptors (Lipinski definition) is 7. The molecule has 9 nitrogen and oxygen atoms in total. The Hall–Kier alpha value is -3.27. The average Bonchev–Trinajstić information content (AvgIpc) is 3.35. The number of likely N-dealkylation sites (tertiary alicyclic amines) is 1. The molecule has 2 aromatic rings. The molecule has 2 heterocycles. The van der Waals surface area contributed by atoms with Crippen molar-refractivity contribution in [3.05, 3.63) is 55.9 Å². The molecular weight excluding hydrogens is 398 g/mol. The summed E-state index contributed by atoms with van der Waals surface area (Å²) in [7, 11) is 1.22. The summed E-state index contributed by atoms with van der Waals surface area (Å²) < 4.78 is 4.82. The van der Waals surface area contributed by atoms with E-state index in [0.717, 1.165) is 30.2 Å². The van der Waals surface area contributed by atoms with Gasteiger partial charge in [0, 0.05) is 30.8 Å². The van der Waals surface area contributed by atoms with Crippen molar-refractivity contribution < 1.29 is 24.0 Å². The highest BCUT2D eigenvalue weighted by molar-refractivity contribution is 7.18. The van der Waals surface area contributed by atoms with Gasteiger partial charge in [-0.1, -0.05) is 6.07 Å². The van der Waals surface area contributed by atoms with E-state index < -0.39 is 16.8 Å². The van der Waals surface area contributed by atoms with Crippen LogP contribution in [0.25, 0.3) is 0 Å². The number of methoxy groups -OCH3 is 1. The van der Waals surface area contributed by atoms with Crippen molar-refractivity contribution >= 4 is 39.8 Å². The molecular formula is C19H19N3O6S. The Kier molecular flexibility index (Phi) is 5.92. The van der Waals surface area contributed by atoms with Gasteiger partial charge in [-0.3, -0.25) is 19.7 Å². The van der Waals surface area contributed by atoms with Crippen LogP contribution in [0.2, 0.25) is 0 Å². The molecule has 1 fully saturated rings. The Morgan fingerprint density at radius 1 is 1.24 bits per heavy atom. The zero-order valence-electron chi connectivity index (χ0n) is 15.9. The Bertz CT molecular complexity index is 994. The van der Waals surface area contributed by atoms with E-state index in [1.807, 2.05) is 0 Å². The number of nitro groups is 1. The molecule has 0 unspecified atom stereocenters. The molecule has 10 heteroatoms. The van der Waals surface area contributed by atoms with Crippen molar-refractivity contribution in [1.29, 1.82) is 0 Å². The third-order valence-corrected chi connectivity index (χ3v) is 5.87. The topological polar surface area (TPSA) is 119 Å². The number of thiophene rings is 1. The van der Waals surface area contributed by atoms with Crippen molar-refractivity contribution in [3.63, 3.8) is 0 Å². The van der Waals surface area contributed by atoms with Crippen molar-refractivity contribution in [2.24, 2.45) is 0 Å². The molecule has 0 aliphatic carbocycles. The molecule has 1 aromatic carbocycles. The quantitative estimate of drug-likeness (QED) is 0.453. The number of nitrogens with zero attached hydrogens (tertiary/aromatic N) is 2. The third kappa shape index (κ3) is 4.11. The maximum Gasteiger partial charge on any atom is 0.341 e. The van der Waals surface area contributed by atoms with Gasteiger partial charge in [-0.15, -0.1) is 11.3 Å². The van der Waals surface area contributed by atoms with Crippen LogP contribution in [0.1, 0.15) is 48.8 Å². The van der Waals surface area contributed by atoms with E-state index in [2.05, 4.69) is 5.32 Å². The second-order valence-electron chi connectivity index (χ2n) is 6.51. The number of nitro benzene ring substituents is 1. The standard InChI is InChI=1S/C19H19N3O6S/c1-11-14(19(25)28-2)17(29-15(11)18(24)21-8-3-4-9-21)20-16(23)12-6-5-7-13(10-12)22(26)27/h5-7,10H,3-4,8-9H2,1-2H3,(H,20,23). The van der Waals surface area contributed by atoms with Crippen LogP contribution in [0, 0.1) is 17.0 Å². The number of carbonyl (C=O) groups excluding carboxylic acids is 3. The zero-order chi connectivity index (χ0) is 21.1. The van der Waals surface area contributed by atoms with Crippen molar-refractivity contribution in [1.82, 2.24) is 4.90 Å². The van der Waals surface area contributed by atoms with E-state index in [-0.39, 0.29) is 27.7 Å². The van der Waals surface area contributed by atoms with Gasteiger partial charge in [0.1, 0.15) is 5.00 Å². The number of anilines is 1. The summed E-state index contributed by atoms with van der Waals surface area (Å²) in [6, 6.07) is 5.25. The second-order valence-corrected chi connectivity index (χ2v) is 7.53. The van der Waals surface area contributed by atoms with Crippen LogP contribution in [0.4, 0.5) is 10.7 Å². The van der Waals surface area contributed by atoms with Gasteiger partial charge < -0.3 is 15.0 Å². The highest BCUT2D eigenvalue weighted by Crippen LogP contribution is 2.35. The van der Waals surface area contributed by atoms with E-state index in [1.165, 1.54) is 25.3 Å². The average molecular weight is 417 g/mol. The predicted octanol–water partition coefficient (Wildman–Crippen LogP) is 3.24. The van der Waals surface area contributed by atoms with Crippen LogP contribution >= 0.6 is 11.3 Å². The molecule has 3 rings (SSSR count). The lowest BCUT2D eigenvalue weighted by Gasteiger charge is -2.14. The number of carbonyl (C=O) groups is 3. The molecule has 1 aliphatic heterocycles. The van der Waals surface area contributed by atoms with E-state index in [9.17, 15) is 24.5 Å². The molecule has 0 radical (unpaired) electrons. The monoisotopic (exact) mass is 417 g/mol. The lowest BCUT2D eigenvalue weighted by atomic mass is 10.1. The summed E-state index contributed by atoms with van der Waals surface area (Å²) in [5.74, 6) is -1.49. The summed E-state index contributed by atoms with van der Waals surface area (Å²) in [4.78, 5) is 50.1. The molecule has 1 N–H and O–H groups in total. The minimum atomic E-state index is -0.673. The molecule has 0 saturated carbocycles. The molecule has 1 aromatic heterocycles. The summed E-state index contributed by atoms with van der Waals surface area (Å²) in [6.45, 7) is 2.94. The number of hydrogen-bond donors (Lipinski definition) is 1. The fourth-order valence-electron chi connectivity index (χ4n) is 3.15. The first kappa shape index (κ1) is 20.5. The van der Waals surface area contributed by atoms with Gasteiger partial charge in [0.15, 0.2) is 0 Å². The van der Waals surface area contributed by atoms with E-state index >= 15 is 0 Å². The van der Waals surface area contributed by atoms with Crippen LogP contribution in [-0.2, 0) is 4.74 Å². The Balaban J connectivity index is 1.95. The molecule has 2 amide bonds. The largest absolute Gasteiger partial charge is 0.465 e. The summed E-state index contributed by atoms with van der Waals surface area (Å²) in [5, 5.41) is 13.7. The van der Waals surface area contributed by atoms with Crippen molar-refractivity contribution in [3.8, 4) is 0 Å².